The van der Waals surface area contributed by atoms with Crippen molar-refractivity contribution in [2.45, 2.75) is 20.4 Å². The van der Waals surface area contributed by atoms with Gasteiger partial charge in [-0.15, -0.1) is 11.3 Å². The fourth-order valence-electron chi connectivity index (χ4n) is 1.33. The Morgan fingerprint density at radius 2 is 2.24 bits per heavy atom. The summed E-state index contributed by atoms with van der Waals surface area (Å²) in [5.41, 5.74) is 1.48. The molecule has 0 atom stereocenters. The number of anilines is 1. The van der Waals surface area contributed by atoms with Crippen molar-refractivity contribution < 1.29 is 9.90 Å². The average Bonchev–Trinajstić information content (AvgIpc) is 2.82. The molecule has 2 heterocycles. The Kier molecular flexibility index (Phi) is 3.39. The summed E-state index contributed by atoms with van der Waals surface area (Å²) in [5, 5.41) is 15.6. The number of carbonyl (C=O) groups is 1. The Morgan fingerprint density at radius 1 is 1.47 bits per heavy atom. The van der Waals surface area contributed by atoms with Gasteiger partial charge in [0, 0.05) is 5.38 Å². The van der Waals surface area contributed by atoms with Crippen LogP contribution in [0.2, 0.25) is 0 Å². The van der Waals surface area contributed by atoms with Crippen LogP contribution in [0.1, 0.15) is 26.1 Å². The van der Waals surface area contributed by atoms with E-state index in [9.17, 15) is 4.79 Å². The van der Waals surface area contributed by atoms with Crippen molar-refractivity contribution in [3.8, 4) is 0 Å². The number of aromatic carboxylic acids is 1. The number of aromatic nitrogens is 2. The Bertz CT molecular complexity index is 547. The molecule has 0 aromatic carbocycles. The zero-order valence-electron chi connectivity index (χ0n) is 9.35. The first kappa shape index (κ1) is 12.0. The largest absolute Gasteiger partial charge is 0.477 e. The Balaban J connectivity index is 2.04. The van der Waals surface area contributed by atoms with E-state index in [-0.39, 0.29) is 4.88 Å². The van der Waals surface area contributed by atoms with Crippen LogP contribution in [-0.2, 0) is 6.54 Å². The third-order valence-electron chi connectivity index (χ3n) is 2.08. The SMILES string of the molecule is Cc1nc(CNc2nc(C)c(C(=O)O)s2)cs1. The van der Waals surface area contributed by atoms with Gasteiger partial charge in [0.2, 0.25) is 0 Å². The number of hydrogen-bond donors (Lipinski definition) is 2. The molecule has 0 fully saturated rings. The summed E-state index contributed by atoms with van der Waals surface area (Å²) >= 11 is 2.74. The third kappa shape index (κ3) is 2.80. The second kappa shape index (κ2) is 4.80. The molecule has 5 nitrogen and oxygen atoms in total. The van der Waals surface area contributed by atoms with E-state index < -0.39 is 5.97 Å². The third-order valence-corrected chi connectivity index (χ3v) is 4.00. The summed E-state index contributed by atoms with van der Waals surface area (Å²) < 4.78 is 0. The van der Waals surface area contributed by atoms with Crippen LogP contribution >= 0.6 is 22.7 Å². The summed E-state index contributed by atoms with van der Waals surface area (Å²) in [5.74, 6) is -0.933. The van der Waals surface area contributed by atoms with Gasteiger partial charge in [-0.3, -0.25) is 0 Å². The number of aryl methyl sites for hydroxylation is 2. The predicted molar refractivity (Wildman–Crippen MR) is 68.0 cm³/mol. The minimum absolute atomic E-state index is 0.280. The van der Waals surface area contributed by atoms with Gasteiger partial charge < -0.3 is 10.4 Å². The van der Waals surface area contributed by atoms with E-state index in [0.29, 0.717) is 17.4 Å². The van der Waals surface area contributed by atoms with Crippen molar-refractivity contribution in [2.24, 2.45) is 0 Å². The molecule has 0 spiro atoms. The number of carboxylic acids is 1. The van der Waals surface area contributed by atoms with Crippen molar-refractivity contribution in [3.63, 3.8) is 0 Å². The number of rotatable bonds is 4. The molecule has 0 amide bonds. The van der Waals surface area contributed by atoms with Crippen molar-refractivity contribution in [2.75, 3.05) is 5.32 Å². The topological polar surface area (TPSA) is 75.1 Å². The number of carboxylic acid groups (broad SMARTS) is 1. The van der Waals surface area contributed by atoms with E-state index in [1.54, 1.807) is 18.3 Å². The molecule has 0 unspecified atom stereocenters. The molecule has 0 saturated heterocycles. The summed E-state index contributed by atoms with van der Waals surface area (Å²) in [4.78, 5) is 19.6. The minimum Gasteiger partial charge on any atom is -0.477 e. The van der Waals surface area contributed by atoms with Gasteiger partial charge in [-0.05, 0) is 13.8 Å². The summed E-state index contributed by atoms with van der Waals surface area (Å²) in [6.45, 7) is 4.21. The molecule has 2 aromatic rings. The van der Waals surface area contributed by atoms with Gasteiger partial charge in [0.15, 0.2) is 5.13 Å². The van der Waals surface area contributed by atoms with E-state index in [0.717, 1.165) is 22.0 Å². The van der Waals surface area contributed by atoms with Crippen LogP contribution < -0.4 is 5.32 Å². The number of thiazole rings is 2. The highest BCUT2D eigenvalue weighted by atomic mass is 32.1. The van der Waals surface area contributed by atoms with Crippen molar-refractivity contribution in [3.05, 3.63) is 26.7 Å². The molecule has 0 aliphatic carbocycles. The first-order chi connectivity index (χ1) is 8.06. The van der Waals surface area contributed by atoms with Crippen LogP contribution in [0.25, 0.3) is 0 Å². The monoisotopic (exact) mass is 269 g/mol. The summed E-state index contributed by atoms with van der Waals surface area (Å²) in [6.07, 6.45) is 0. The zero-order valence-corrected chi connectivity index (χ0v) is 11.0. The van der Waals surface area contributed by atoms with Gasteiger partial charge in [-0.25, -0.2) is 14.8 Å². The molecule has 17 heavy (non-hydrogen) atoms. The maximum Gasteiger partial charge on any atom is 0.347 e. The van der Waals surface area contributed by atoms with Gasteiger partial charge >= 0.3 is 5.97 Å². The predicted octanol–water partition coefficient (Wildman–Crippen LogP) is 2.53. The lowest BCUT2D eigenvalue weighted by molar-refractivity contribution is 0.0701. The van der Waals surface area contributed by atoms with Crippen LogP contribution in [0.5, 0.6) is 0 Å². The molecule has 0 aliphatic heterocycles. The molecule has 0 saturated carbocycles. The lowest BCUT2D eigenvalue weighted by Gasteiger charge is -1.97. The standard InChI is InChI=1S/C10H11N3O2S2/c1-5-8(9(14)15)17-10(12-5)11-3-7-4-16-6(2)13-7/h4H,3H2,1-2H3,(H,11,12)(H,14,15). The lowest BCUT2D eigenvalue weighted by Crippen LogP contribution is -1.99. The lowest BCUT2D eigenvalue weighted by atomic mass is 10.4. The van der Waals surface area contributed by atoms with E-state index in [4.69, 9.17) is 5.11 Å². The highest BCUT2D eigenvalue weighted by Crippen LogP contribution is 2.23. The number of nitrogens with one attached hydrogen (secondary N) is 1. The highest BCUT2D eigenvalue weighted by Gasteiger charge is 2.13. The van der Waals surface area contributed by atoms with Crippen LogP contribution in [0, 0.1) is 13.8 Å². The fraction of sp³-hybridized carbons (Fsp3) is 0.300. The number of nitrogens with zero attached hydrogens (tertiary/aromatic N) is 2. The normalized spacial score (nSPS) is 10.5. The Hall–Kier alpha value is -1.47. The van der Waals surface area contributed by atoms with Gasteiger partial charge in [-0.2, -0.15) is 0 Å². The van der Waals surface area contributed by atoms with Crippen molar-refractivity contribution >= 4 is 33.8 Å². The first-order valence-corrected chi connectivity index (χ1v) is 6.61. The van der Waals surface area contributed by atoms with E-state index in [2.05, 4.69) is 15.3 Å². The average molecular weight is 269 g/mol. The minimum atomic E-state index is -0.933. The molecule has 90 valence electrons. The molecule has 2 rings (SSSR count). The zero-order chi connectivity index (χ0) is 12.4. The second-order valence-corrected chi connectivity index (χ2v) is 5.51. The fourth-order valence-corrected chi connectivity index (χ4v) is 2.74. The van der Waals surface area contributed by atoms with Gasteiger partial charge in [0.25, 0.3) is 0 Å². The second-order valence-electron chi connectivity index (χ2n) is 3.45. The smallest absolute Gasteiger partial charge is 0.347 e. The van der Waals surface area contributed by atoms with E-state index in [1.165, 1.54) is 0 Å². The summed E-state index contributed by atoms with van der Waals surface area (Å²) in [6, 6.07) is 0. The quantitative estimate of drug-likeness (QED) is 0.892. The van der Waals surface area contributed by atoms with Gasteiger partial charge in [0.05, 0.1) is 22.9 Å². The van der Waals surface area contributed by atoms with Crippen LogP contribution in [0.3, 0.4) is 0 Å². The van der Waals surface area contributed by atoms with Crippen molar-refractivity contribution in [1.29, 1.82) is 0 Å². The van der Waals surface area contributed by atoms with Crippen molar-refractivity contribution in [1.82, 2.24) is 9.97 Å². The number of hydrogen-bond acceptors (Lipinski definition) is 6. The van der Waals surface area contributed by atoms with Gasteiger partial charge in [-0.1, -0.05) is 11.3 Å². The molecule has 0 bridgehead atoms. The van der Waals surface area contributed by atoms with Crippen LogP contribution in [-0.4, -0.2) is 21.0 Å². The van der Waals surface area contributed by atoms with Crippen LogP contribution in [0.4, 0.5) is 5.13 Å². The molecule has 2 aromatic heterocycles. The van der Waals surface area contributed by atoms with E-state index >= 15 is 0 Å². The van der Waals surface area contributed by atoms with Gasteiger partial charge in [0.1, 0.15) is 4.88 Å². The highest BCUT2D eigenvalue weighted by molar-refractivity contribution is 7.17. The summed E-state index contributed by atoms with van der Waals surface area (Å²) in [7, 11) is 0. The molecule has 0 aliphatic rings. The first-order valence-electron chi connectivity index (χ1n) is 4.92. The molecular weight excluding hydrogens is 258 g/mol. The molecule has 7 heteroatoms. The maximum atomic E-state index is 10.8. The Labute approximate surface area is 106 Å². The molecule has 0 radical (unpaired) electrons. The van der Waals surface area contributed by atoms with E-state index in [1.807, 2.05) is 12.3 Å². The molecular formula is C10H11N3O2S2. The maximum absolute atomic E-state index is 10.8. The molecule has 2 N–H and O–H groups in total. The Morgan fingerprint density at radius 3 is 2.76 bits per heavy atom. The van der Waals surface area contributed by atoms with Crippen LogP contribution in [0.15, 0.2) is 5.38 Å².